The van der Waals surface area contributed by atoms with E-state index in [4.69, 9.17) is 9.15 Å². The van der Waals surface area contributed by atoms with Crippen molar-refractivity contribution in [3.8, 4) is 17.2 Å². The van der Waals surface area contributed by atoms with Gasteiger partial charge in [-0.15, -0.1) is 0 Å². The quantitative estimate of drug-likeness (QED) is 0.807. The van der Waals surface area contributed by atoms with E-state index >= 15 is 0 Å². The van der Waals surface area contributed by atoms with Crippen molar-refractivity contribution in [1.82, 2.24) is 4.98 Å². The summed E-state index contributed by atoms with van der Waals surface area (Å²) in [4.78, 5) is 4.46. The van der Waals surface area contributed by atoms with Gasteiger partial charge in [0.15, 0.2) is 0 Å². The second-order valence-electron chi connectivity index (χ2n) is 4.92. The molecular weight excluding hydrogens is 226 g/mol. The normalized spacial score (nSPS) is 11.2. The van der Waals surface area contributed by atoms with Gasteiger partial charge in [0.1, 0.15) is 12.0 Å². The lowest BCUT2D eigenvalue weighted by atomic mass is 10.1. The summed E-state index contributed by atoms with van der Waals surface area (Å²) >= 11 is 0. The zero-order chi connectivity index (χ0) is 13.1. The molecular formula is C15H19NO2. The van der Waals surface area contributed by atoms with Crippen LogP contribution in [-0.4, -0.2) is 11.1 Å². The fourth-order valence-corrected chi connectivity index (χ4v) is 1.63. The zero-order valence-corrected chi connectivity index (χ0v) is 11.3. The van der Waals surface area contributed by atoms with Gasteiger partial charge >= 0.3 is 0 Å². The molecule has 0 aliphatic carbocycles. The van der Waals surface area contributed by atoms with Gasteiger partial charge in [-0.3, -0.25) is 0 Å². The standard InChI is InChI=1S/C15H19NO2/c1-10(2)14-9-17-15(16-14)12-5-7-13(8-6-12)18-11(3)4/h5-11H,1-4H3. The molecule has 3 heteroatoms. The molecule has 1 aromatic heterocycles. The number of hydrogen-bond donors (Lipinski definition) is 0. The van der Waals surface area contributed by atoms with Gasteiger partial charge in [0.25, 0.3) is 0 Å². The highest BCUT2D eigenvalue weighted by Gasteiger charge is 2.09. The number of oxazole rings is 1. The summed E-state index contributed by atoms with van der Waals surface area (Å²) in [6.45, 7) is 8.22. The molecule has 0 radical (unpaired) electrons. The molecule has 0 bridgehead atoms. The molecule has 96 valence electrons. The van der Waals surface area contributed by atoms with E-state index in [0.29, 0.717) is 11.8 Å². The van der Waals surface area contributed by atoms with E-state index in [0.717, 1.165) is 17.0 Å². The second kappa shape index (κ2) is 5.25. The summed E-state index contributed by atoms with van der Waals surface area (Å²) in [6.07, 6.45) is 1.91. The predicted octanol–water partition coefficient (Wildman–Crippen LogP) is 4.25. The van der Waals surface area contributed by atoms with E-state index in [1.165, 1.54) is 0 Å². The topological polar surface area (TPSA) is 35.3 Å². The minimum atomic E-state index is 0.185. The monoisotopic (exact) mass is 245 g/mol. The second-order valence-corrected chi connectivity index (χ2v) is 4.92. The number of aromatic nitrogens is 1. The minimum absolute atomic E-state index is 0.185. The molecule has 18 heavy (non-hydrogen) atoms. The molecule has 0 spiro atoms. The van der Waals surface area contributed by atoms with Crippen LogP contribution in [0.1, 0.15) is 39.3 Å². The van der Waals surface area contributed by atoms with Gasteiger partial charge in [0.2, 0.25) is 5.89 Å². The number of ether oxygens (including phenoxy) is 1. The Hall–Kier alpha value is -1.77. The Morgan fingerprint density at radius 3 is 2.22 bits per heavy atom. The van der Waals surface area contributed by atoms with Crippen molar-refractivity contribution in [3.63, 3.8) is 0 Å². The van der Waals surface area contributed by atoms with Crippen molar-refractivity contribution in [3.05, 3.63) is 36.2 Å². The SMILES string of the molecule is CC(C)Oc1ccc(-c2nc(C(C)C)co2)cc1. The van der Waals surface area contributed by atoms with Crippen LogP contribution in [0.15, 0.2) is 34.9 Å². The highest BCUT2D eigenvalue weighted by atomic mass is 16.5. The van der Waals surface area contributed by atoms with Gasteiger partial charge in [0.05, 0.1) is 11.8 Å². The first kappa shape index (κ1) is 12.7. The molecule has 1 heterocycles. The summed E-state index contributed by atoms with van der Waals surface area (Å²) in [7, 11) is 0. The molecule has 0 fully saturated rings. The van der Waals surface area contributed by atoms with Gasteiger partial charge < -0.3 is 9.15 Å². The lowest BCUT2D eigenvalue weighted by Crippen LogP contribution is -2.05. The Morgan fingerprint density at radius 2 is 1.72 bits per heavy atom. The summed E-state index contributed by atoms with van der Waals surface area (Å²) in [5, 5.41) is 0. The van der Waals surface area contributed by atoms with E-state index < -0.39 is 0 Å². The van der Waals surface area contributed by atoms with Crippen LogP contribution in [0, 0.1) is 0 Å². The zero-order valence-electron chi connectivity index (χ0n) is 11.3. The number of nitrogens with zero attached hydrogens (tertiary/aromatic N) is 1. The first-order valence-electron chi connectivity index (χ1n) is 6.28. The van der Waals surface area contributed by atoms with Gasteiger partial charge in [0, 0.05) is 5.56 Å². The predicted molar refractivity (Wildman–Crippen MR) is 71.8 cm³/mol. The van der Waals surface area contributed by atoms with Crippen LogP contribution in [0.2, 0.25) is 0 Å². The van der Waals surface area contributed by atoms with Crippen molar-refractivity contribution < 1.29 is 9.15 Å². The summed E-state index contributed by atoms with van der Waals surface area (Å²) < 4.78 is 11.1. The molecule has 0 N–H and O–H groups in total. The first-order valence-corrected chi connectivity index (χ1v) is 6.28. The van der Waals surface area contributed by atoms with Crippen LogP contribution in [0.4, 0.5) is 0 Å². The molecule has 0 amide bonds. The molecule has 0 atom stereocenters. The van der Waals surface area contributed by atoms with Gasteiger partial charge in [-0.2, -0.15) is 0 Å². The lowest BCUT2D eigenvalue weighted by Gasteiger charge is -2.09. The third-order valence-corrected chi connectivity index (χ3v) is 2.59. The first-order chi connectivity index (χ1) is 8.56. The van der Waals surface area contributed by atoms with Gasteiger partial charge in [-0.1, -0.05) is 13.8 Å². The van der Waals surface area contributed by atoms with E-state index in [2.05, 4.69) is 18.8 Å². The summed E-state index contributed by atoms with van der Waals surface area (Å²) in [6, 6.07) is 7.81. The molecule has 0 saturated carbocycles. The molecule has 0 aliphatic heterocycles. The van der Waals surface area contributed by atoms with E-state index in [1.54, 1.807) is 6.26 Å². The highest BCUT2D eigenvalue weighted by molar-refractivity contribution is 5.54. The molecule has 1 aromatic carbocycles. The van der Waals surface area contributed by atoms with E-state index in [9.17, 15) is 0 Å². The Kier molecular flexibility index (Phi) is 3.70. The van der Waals surface area contributed by atoms with Crippen molar-refractivity contribution >= 4 is 0 Å². The Labute approximate surface area is 108 Å². The average molecular weight is 245 g/mol. The van der Waals surface area contributed by atoms with E-state index in [-0.39, 0.29) is 6.10 Å². The maximum atomic E-state index is 5.60. The lowest BCUT2D eigenvalue weighted by molar-refractivity contribution is 0.242. The molecule has 3 nitrogen and oxygen atoms in total. The van der Waals surface area contributed by atoms with Crippen molar-refractivity contribution in [1.29, 1.82) is 0 Å². The third-order valence-electron chi connectivity index (χ3n) is 2.59. The fraction of sp³-hybridized carbons (Fsp3) is 0.400. The van der Waals surface area contributed by atoms with Crippen LogP contribution in [0.3, 0.4) is 0 Å². The molecule has 0 unspecified atom stereocenters. The Morgan fingerprint density at radius 1 is 1.06 bits per heavy atom. The third kappa shape index (κ3) is 2.92. The maximum Gasteiger partial charge on any atom is 0.226 e. The van der Waals surface area contributed by atoms with Crippen LogP contribution >= 0.6 is 0 Å². The fourth-order valence-electron chi connectivity index (χ4n) is 1.63. The highest BCUT2D eigenvalue weighted by Crippen LogP contribution is 2.24. The smallest absolute Gasteiger partial charge is 0.226 e. The van der Waals surface area contributed by atoms with Crippen LogP contribution < -0.4 is 4.74 Å². The Balaban J connectivity index is 2.17. The average Bonchev–Trinajstić information content (AvgIpc) is 2.78. The van der Waals surface area contributed by atoms with Crippen molar-refractivity contribution in [2.24, 2.45) is 0 Å². The number of hydrogen-bond acceptors (Lipinski definition) is 3. The van der Waals surface area contributed by atoms with Crippen molar-refractivity contribution in [2.75, 3.05) is 0 Å². The molecule has 0 aliphatic rings. The summed E-state index contributed by atoms with van der Waals surface area (Å²) in [5.74, 6) is 1.91. The number of rotatable bonds is 4. The molecule has 2 aromatic rings. The van der Waals surface area contributed by atoms with E-state index in [1.807, 2.05) is 38.1 Å². The summed E-state index contributed by atoms with van der Waals surface area (Å²) in [5.41, 5.74) is 1.95. The molecule has 2 rings (SSSR count). The van der Waals surface area contributed by atoms with Crippen LogP contribution in [0.25, 0.3) is 11.5 Å². The van der Waals surface area contributed by atoms with Gasteiger partial charge in [-0.25, -0.2) is 4.98 Å². The molecule has 0 saturated heterocycles. The van der Waals surface area contributed by atoms with Crippen LogP contribution in [-0.2, 0) is 0 Å². The Bertz CT molecular complexity index is 497. The van der Waals surface area contributed by atoms with Crippen molar-refractivity contribution in [2.45, 2.75) is 39.7 Å². The maximum absolute atomic E-state index is 5.60. The minimum Gasteiger partial charge on any atom is -0.491 e. The largest absolute Gasteiger partial charge is 0.491 e. The van der Waals surface area contributed by atoms with Crippen LogP contribution in [0.5, 0.6) is 5.75 Å². The van der Waals surface area contributed by atoms with Gasteiger partial charge in [-0.05, 0) is 44.0 Å². The number of benzene rings is 1.